The van der Waals surface area contributed by atoms with Crippen molar-refractivity contribution < 1.29 is 4.74 Å². The highest BCUT2D eigenvalue weighted by Crippen LogP contribution is 2.04. The highest BCUT2D eigenvalue weighted by molar-refractivity contribution is 5.09. The van der Waals surface area contributed by atoms with E-state index in [0.717, 1.165) is 39.3 Å². The topological polar surface area (TPSA) is 29.4 Å². The van der Waals surface area contributed by atoms with Gasteiger partial charge >= 0.3 is 0 Å². The Kier molecular flexibility index (Phi) is 4.59. The summed E-state index contributed by atoms with van der Waals surface area (Å²) in [5.41, 5.74) is 1.33. The van der Waals surface area contributed by atoms with Crippen molar-refractivity contribution in [1.82, 2.24) is 14.8 Å². The molecule has 2 heterocycles. The Morgan fingerprint density at radius 3 is 3.12 bits per heavy atom. The molecule has 96 valence electrons. The minimum Gasteiger partial charge on any atom is -0.374 e. The first kappa shape index (κ1) is 12.6. The maximum absolute atomic E-state index is 5.74. The van der Waals surface area contributed by atoms with Crippen molar-refractivity contribution in [2.75, 3.05) is 32.8 Å². The molecule has 1 unspecified atom stereocenters. The first-order valence-electron chi connectivity index (χ1n) is 6.43. The van der Waals surface area contributed by atoms with Crippen LogP contribution < -0.4 is 5.32 Å². The van der Waals surface area contributed by atoms with Gasteiger partial charge < -0.3 is 14.6 Å². The molecule has 1 aliphatic heterocycles. The zero-order valence-electron chi connectivity index (χ0n) is 10.9. The van der Waals surface area contributed by atoms with E-state index in [0.29, 0.717) is 6.10 Å². The Balaban J connectivity index is 1.68. The molecule has 0 aliphatic carbocycles. The molecule has 0 bridgehead atoms. The molecule has 1 aromatic rings. The van der Waals surface area contributed by atoms with E-state index < -0.39 is 0 Å². The summed E-state index contributed by atoms with van der Waals surface area (Å²) in [5, 5.41) is 3.46. The quantitative estimate of drug-likeness (QED) is 0.823. The van der Waals surface area contributed by atoms with Crippen LogP contribution in [0.25, 0.3) is 0 Å². The number of rotatable bonds is 5. The predicted octanol–water partition coefficient (Wildman–Crippen LogP) is 0.835. The second-order valence-corrected chi connectivity index (χ2v) is 4.70. The van der Waals surface area contributed by atoms with Crippen LogP contribution in [0.4, 0.5) is 0 Å². The van der Waals surface area contributed by atoms with E-state index >= 15 is 0 Å². The predicted molar refractivity (Wildman–Crippen MR) is 69.0 cm³/mol. The molecule has 1 aromatic heterocycles. The summed E-state index contributed by atoms with van der Waals surface area (Å²) in [7, 11) is 2.05. The Morgan fingerprint density at radius 2 is 2.41 bits per heavy atom. The fourth-order valence-electron chi connectivity index (χ4n) is 2.23. The second kappa shape index (κ2) is 6.19. The Bertz CT molecular complexity index is 337. The lowest BCUT2D eigenvalue weighted by Crippen LogP contribution is -2.46. The summed E-state index contributed by atoms with van der Waals surface area (Å²) in [6.07, 6.45) is 4.56. The molecule has 1 fully saturated rings. The molecule has 0 radical (unpaired) electrons. The summed E-state index contributed by atoms with van der Waals surface area (Å²) >= 11 is 0. The van der Waals surface area contributed by atoms with Crippen molar-refractivity contribution >= 4 is 0 Å². The van der Waals surface area contributed by atoms with Gasteiger partial charge in [-0.2, -0.15) is 0 Å². The Morgan fingerprint density at radius 1 is 1.53 bits per heavy atom. The molecule has 0 amide bonds. The van der Waals surface area contributed by atoms with E-state index in [1.54, 1.807) is 0 Å². The summed E-state index contributed by atoms with van der Waals surface area (Å²) < 4.78 is 7.82. The molecule has 2 rings (SSSR count). The molecule has 1 atom stereocenters. The standard InChI is InChI=1S/C13H23N3O/c1-3-16-6-7-17-13(11-16)9-14-8-12-4-5-15(2)10-12/h4-5,10,13-14H,3,6-9,11H2,1-2H3. The van der Waals surface area contributed by atoms with Gasteiger partial charge in [0.25, 0.3) is 0 Å². The van der Waals surface area contributed by atoms with Crippen LogP contribution in [0.2, 0.25) is 0 Å². The number of likely N-dealkylation sites (N-methyl/N-ethyl adjacent to an activating group) is 1. The lowest BCUT2D eigenvalue weighted by Gasteiger charge is -2.32. The van der Waals surface area contributed by atoms with Crippen LogP contribution in [0.1, 0.15) is 12.5 Å². The van der Waals surface area contributed by atoms with Gasteiger partial charge in [-0.25, -0.2) is 0 Å². The zero-order valence-corrected chi connectivity index (χ0v) is 10.9. The summed E-state index contributed by atoms with van der Waals surface area (Å²) in [6, 6.07) is 2.15. The SMILES string of the molecule is CCN1CCOC(CNCc2ccn(C)c2)C1. The highest BCUT2D eigenvalue weighted by atomic mass is 16.5. The molecular formula is C13H23N3O. The fraction of sp³-hybridized carbons (Fsp3) is 0.692. The Hall–Kier alpha value is -0.840. The van der Waals surface area contributed by atoms with Crippen LogP contribution in [-0.2, 0) is 18.3 Å². The van der Waals surface area contributed by atoms with Crippen LogP contribution in [-0.4, -0.2) is 48.4 Å². The Labute approximate surface area is 104 Å². The maximum Gasteiger partial charge on any atom is 0.0826 e. The molecule has 0 saturated carbocycles. The van der Waals surface area contributed by atoms with Gasteiger partial charge in [-0.05, 0) is 18.2 Å². The average molecular weight is 237 g/mol. The monoisotopic (exact) mass is 237 g/mol. The third-order valence-corrected chi connectivity index (χ3v) is 3.26. The van der Waals surface area contributed by atoms with Crippen LogP contribution >= 0.6 is 0 Å². The summed E-state index contributed by atoms with van der Waals surface area (Å²) in [6.45, 7) is 8.19. The number of hydrogen-bond donors (Lipinski definition) is 1. The number of morpholine rings is 1. The van der Waals surface area contributed by atoms with Crippen LogP contribution in [0.5, 0.6) is 0 Å². The minimum absolute atomic E-state index is 0.340. The highest BCUT2D eigenvalue weighted by Gasteiger charge is 2.18. The first-order chi connectivity index (χ1) is 8.28. The van der Waals surface area contributed by atoms with E-state index in [9.17, 15) is 0 Å². The van der Waals surface area contributed by atoms with E-state index in [1.165, 1.54) is 5.56 Å². The van der Waals surface area contributed by atoms with Crippen LogP contribution in [0.3, 0.4) is 0 Å². The number of hydrogen-bond acceptors (Lipinski definition) is 3. The van der Waals surface area contributed by atoms with Gasteiger partial charge in [-0.1, -0.05) is 6.92 Å². The summed E-state index contributed by atoms with van der Waals surface area (Å²) in [4.78, 5) is 2.44. The van der Waals surface area contributed by atoms with Gasteiger partial charge in [0.1, 0.15) is 0 Å². The molecule has 0 spiro atoms. The first-order valence-corrected chi connectivity index (χ1v) is 6.43. The van der Waals surface area contributed by atoms with Crippen molar-refractivity contribution in [2.45, 2.75) is 19.6 Å². The molecular weight excluding hydrogens is 214 g/mol. The second-order valence-electron chi connectivity index (χ2n) is 4.70. The molecule has 17 heavy (non-hydrogen) atoms. The van der Waals surface area contributed by atoms with Gasteiger partial charge in [0.15, 0.2) is 0 Å². The van der Waals surface area contributed by atoms with Crippen molar-refractivity contribution in [3.05, 3.63) is 24.0 Å². The maximum atomic E-state index is 5.74. The smallest absolute Gasteiger partial charge is 0.0826 e. The van der Waals surface area contributed by atoms with Gasteiger partial charge in [0, 0.05) is 45.6 Å². The number of ether oxygens (including phenoxy) is 1. The molecule has 0 aromatic carbocycles. The molecule has 1 saturated heterocycles. The van der Waals surface area contributed by atoms with E-state index in [-0.39, 0.29) is 0 Å². The van der Waals surface area contributed by atoms with Gasteiger partial charge in [0.2, 0.25) is 0 Å². The zero-order chi connectivity index (χ0) is 12.1. The molecule has 4 heteroatoms. The van der Waals surface area contributed by atoms with E-state index in [4.69, 9.17) is 4.74 Å². The lowest BCUT2D eigenvalue weighted by atomic mass is 10.2. The van der Waals surface area contributed by atoms with Crippen molar-refractivity contribution in [2.24, 2.45) is 7.05 Å². The van der Waals surface area contributed by atoms with Crippen LogP contribution in [0.15, 0.2) is 18.5 Å². The number of nitrogens with one attached hydrogen (secondary N) is 1. The average Bonchev–Trinajstić information content (AvgIpc) is 2.75. The molecule has 1 N–H and O–H groups in total. The van der Waals surface area contributed by atoms with Gasteiger partial charge in [-0.15, -0.1) is 0 Å². The molecule has 4 nitrogen and oxygen atoms in total. The lowest BCUT2D eigenvalue weighted by molar-refractivity contribution is -0.0253. The number of aromatic nitrogens is 1. The van der Waals surface area contributed by atoms with Crippen LogP contribution in [0, 0.1) is 0 Å². The third kappa shape index (κ3) is 3.84. The summed E-state index contributed by atoms with van der Waals surface area (Å²) in [5.74, 6) is 0. The van der Waals surface area contributed by atoms with Gasteiger partial charge in [-0.3, -0.25) is 4.90 Å². The normalized spacial score (nSPS) is 21.9. The number of nitrogens with zero attached hydrogens (tertiary/aromatic N) is 2. The van der Waals surface area contributed by atoms with Gasteiger partial charge in [0.05, 0.1) is 12.7 Å². The minimum atomic E-state index is 0.340. The fourth-order valence-corrected chi connectivity index (χ4v) is 2.23. The largest absolute Gasteiger partial charge is 0.374 e. The third-order valence-electron chi connectivity index (χ3n) is 3.26. The van der Waals surface area contributed by atoms with E-state index in [1.807, 2.05) is 7.05 Å². The van der Waals surface area contributed by atoms with Crippen molar-refractivity contribution in [1.29, 1.82) is 0 Å². The van der Waals surface area contributed by atoms with E-state index in [2.05, 4.69) is 40.2 Å². The van der Waals surface area contributed by atoms with Crippen molar-refractivity contribution in [3.63, 3.8) is 0 Å². The molecule has 1 aliphatic rings. The number of aryl methyl sites for hydroxylation is 1. The van der Waals surface area contributed by atoms with Crippen molar-refractivity contribution in [3.8, 4) is 0 Å².